The summed E-state index contributed by atoms with van der Waals surface area (Å²) in [6.07, 6.45) is 1.27. The molecule has 0 saturated carbocycles. The zero-order valence-corrected chi connectivity index (χ0v) is 21.6. The van der Waals surface area contributed by atoms with Crippen molar-refractivity contribution in [2.45, 2.75) is 13.5 Å². The molecule has 1 aromatic carbocycles. The summed E-state index contributed by atoms with van der Waals surface area (Å²) in [5.74, 6) is 1.52. The normalized spacial score (nSPS) is 18.3. The third-order valence-corrected chi connectivity index (χ3v) is 8.83. The van der Waals surface area contributed by atoms with Crippen molar-refractivity contribution < 1.29 is 17.9 Å². The first-order valence-electron chi connectivity index (χ1n) is 11.7. The number of hydrogen-bond acceptors (Lipinski definition) is 9. The number of thiophene rings is 1. The van der Waals surface area contributed by atoms with E-state index in [9.17, 15) is 13.2 Å². The number of piperazine rings is 1. The molecule has 2 aromatic heterocycles. The van der Waals surface area contributed by atoms with Crippen molar-refractivity contribution in [3.63, 3.8) is 0 Å². The van der Waals surface area contributed by atoms with E-state index < -0.39 is 10.0 Å². The highest BCUT2D eigenvalue weighted by molar-refractivity contribution is 7.88. The summed E-state index contributed by atoms with van der Waals surface area (Å²) in [5, 5.41) is 0. The molecule has 3 aromatic rings. The maximum absolute atomic E-state index is 11.9. The third-order valence-electron chi connectivity index (χ3n) is 6.42. The van der Waals surface area contributed by atoms with Gasteiger partial charge >= 0.3 is 0 Å². The van der Waals surface area contributed by atoms with E-state index >= 15 is 0 Å². The Hall–Kier alpha value is -2.44. The lowest BCUT2D eigenvalue weighted by molar-refractivity contribution is 0.101. The smallest absolute Gasteiger partial charge is 0.211 e. The lowest BCUT2D eigenvalue weighted by Crippen LogP contribution is -2.47. The van der Waals surface area contributed by atoms with Crippen molar-refractivity contribution in [1.29, 1.82) is 0 Å². The number of carbonyl (C=O) groups is 1. The number of anilines is 1. The van der Waals surface area contributed by atoms with Crippen LogP contribution in [-0.4, -0.2) is 92.1 Å². The van der Waals surface area contributed by atoms with Gasteiger partial charge in [-0.15, -0.1) is 11.3 Å². The predicted octanol–water partition coefficient (Wildman–Crippen LogP) is 2.47. The first kappa shape index (κ1) is 24.3. The van der Waals surface area contributed by atoms with Gasteiger partial charge in [0.2, 0.25) is 10.0 Å². The summed E-state index contributed by atoms with van der Waals surface area (Å²) in [6.45, 7) is 7.57. The van der Waals surface area contributed by atoms with E-state index in [1.165, 1.54) is 15.4 Å². The van der Waals surface area contributed by atoms with Crippen LogP contribution in [0.3, 0.4) is 0 Å². The number of Topliss-reactive ketones (excluding diaryl/α,β-unsaturated/α-hetero) is 1. The lowest BCUT2D eigenvalue weighted by atomic mass is 10.1. The van der Waals surface area contributed by atoms with Gasteiger partial charge in [-0.25, -0.2) is 18.4 Å². The van der Waals surface area contributed by atoms with Crippen LogP contribution < -0.4 is 4.90 Å². The summed E-state index contributed by atoms with van der Waals surface area (Å²) >= 11 is 1.69. The molecule has 4 heterocycles. The molecule has 0 bridgehead atoms. The van der Waals surface area contributed by atoms with Crippen LogP contribution in [-0.2, 0) is 21.3 Å². The van der Waals surface area contributed by atoms with Crippen molar-refractivity contribution in [3.8, 4) is 11.4 Å². The van der Waals surface area contributed by atoms with Crippen molar-refractivity contribution in [2.24, 2.45) is 0 Å². The molecule has 0 N–H and O–H groups in total. The van der Waals surface area contributed by atoms with Crippen LogP contribution in [0.25, 0.3) is 21.6 Å². The molecule has 186 valence electrons. The van der Waals surface area contributed by atoms with E-state index in [0.29, 0.717) is 50.8 Å². The molecule has 2 fully saturated rings. The van der Waals surface area contributed by atoms with Gasteiger partial charge in [-0.2, -0.15) is 4.31 Å². The number of ketones is 1. The molecule has 35 heavy (non-hydrogen) atoms. The number of morpholine rings is 1. The Morgan fingerprint density at radius 1 is 1.06 bits per heavy atom. The van der Waals surface area contributed by atoms with E-state index in [2.05, 4.69) is 15.9 Å². The van der Waals surface area contributed by atoms with Gasteiger partial charge in [0.25, 0.3) is 0 Å². The number of fused-ring (bicyclic) bond motifs is 1. The van der Waals surface area contributed by atoms with Gasteiger partial charge in [0, 0.05) is 61.8 Å². The van der Waals surface area contributed by atoms with Gasteiger partial charge in [-0.05, 0) is 19.1 Å². The third kappa shape index (κ3) is 5.39. The van der Waals surface area contributed by atoms with E-state index in [1.54, 1.807) is 24.3 Å². The van der Waals surface area contributed by atoms with Gasteiger partial charge in [-0.1, -0.05) is 18.2 Å². The molecule has 0 unspecified atom stereocenters. The first-order chi connectivity index (χ1) is 16.8. The average Bonchev–Trinajstić information content (AvgIpc) is 3.26. The molecule has 0 spiro atoms. The van der Waals surface area contributed by atoms with E-state index in [4.69, 9.17) is 14.7 Å². The minimum Gasteiger partial charge on any atom is -0.378 e. The maximum Gasteiger partial charge on any atom is 0.211 e. The number of rotatable bonds is 6. The second kappa shape index (κ2) is 9.90. The lowest BCUT2D eigenvalue weighted by Gasteiger charge is -2.32. The summed E-state index contributed by atoms with van der Waals surface area (Å²) in [5.41, 5.74) is 2.34. The van der Waals surface area contributed by atoms with Crippen LogP contribution in [0.4, 0.5) is 5.82 Å². The van der Waals surface area contributed by atoms with Crippen molar-refractivity contribution >= 4 is 43.2 Å². The summed E-state index contributed by atoms with van der Waals surface area (Å²) in [6, 6.07) is 9.57. The van der Waals surface area contributed by atoms with Gasteiger partial charge in [0.1, 0.15) is 0 Å². The molecular formula is C24H29N5O4S2. The molecule has 0 aliphatic carbocycles. The first-order valence-corrected chi connectivity index (χ1v) is 14.4. The summed E-state index contributed by atoms with van der Waals surface area (Å²) < 4.78 is 31.8. The number of ether oxygens (including phenoxy) is 1. The van der Waals surface area contributed by atoms with Crippen molar-refractivity contribution in [3.05, 3.63) is 40.8 Å². The van der Waals surface area contributed by atoms with Crippen molar-refractivity contribution in [2.75, 3.05) is 63.6 Å². The number of aromatic nitrogens is 2. The number of benzene rings is 1. The highest BCUT2D eigenvalue weighted by Gasteiger charge is 2.25. The van der Waals surface area contributed by atoms with Crippen molar-refractivity contribution in [1.82, 2.24) is 19.2 Å². The van der Waals surface area contributed by atoms with Gasteiger partial charge in [-0.3, -0.25) is 9.69 Å². The number of nitrogens with zero attached hydrogens (tertiary/aromatic N) is 5. The molecule has 2 saturated heterocycles. The Morgan fingerprint density at radius 2 is 1.80 bits per heavy atom. The molecule has 2 aliphatic rings. The Bertz CT molecular complexity index is 1340. The SMILES string of the molecule is CC(=O)c1cccc(-c2nc(N3CCOCC3)c3sc(CN4CCN(S(C)(=O)=O)CC4)cc3n2)c1. The molecule has 5 rings (SSSR count). The number of hydrogen-bond donors (Lipinski definition) is 0. The number of carbonyl (C=O) groups excluding carboxylic acids is 1. The highest BCUT2D eigenvalue weighted by atomic mass is 32.2. The van der Waals surface area contributed by atoms with Crippen LogP contribution in [0.5, 0.6) is 0 Å². The van der Waals surface area contributed by atoms with Crippen LogP contribution in [0.15, 0.2) is 30.3 Å². The second-order valence-electron chi connectivity index (χ2n) is 8.97. The Kier molecular flexibility index (Phi) is 6.86. The fourth-order valence-electron chi connectivity index (χ4n) is 4.48. The van der Waals surface area contributed by atoms with E-state index in [-0.39, 0.29) is 5.78 Å². The fourth-order valence-corrected chi connectivity index (χ4v) is 6.46. The predicted molar refractivity (Wildman–Crippen MR) is 138 cm³/mol. The van der Waals surface area contributed by atoms with Crippen LogP contribution in [0, 0.1) is 0 Å². The highest BCUT2D eigenvalue weighted by Crippen LogP contribution is 2.35. The molecule has 0 atom stereocenters. The van der Waals surface area contributed by atoms with Gasteiger partial charge in [0.05, 0.1) is 29.7 Å². The Labute approximate surface area is 209 Å². The second-order valence-corrected chi connectivity index (χ2v) is 12.1. The topological polar surface area (TPSA) is 95.9 Å². The summed E-state index contributed by atoms with van der Waals surface area (Å²) in [4.78, 5) is 27.5. The van der Waals surface area contributed by atoms with Gasteiger partial charge in [0.15, 0.2) is 17.4 Å². The fraction of sp³-hybridized carbons (Fsp3) is 0.458. The molecular weight excluding hydrogens is 486 g/mol. The van der Waals surface area contributed by atoms with Crippen LogP contribution >= 0.6 is 11.3 Å². The molecule has 9 nitrogen and oxygen atoms in total. The van der Waals surface area contributed by atoms with E-state index in [1.807, 2.05) is 18.2 Å². The molecule has 2 aliphatic heterocycles. The van der Waals surface area contributed by atoms with Gasteiger partial charge < -0.3 is 9.64 Å². The minimum absolute atomic E-state index is 0.00937. The Balaban J connectivity index is 1.47. The van der Waals surface area contributed by atoms with Crippen LogP contribution in [0.1, 0.15) is 22.2 Å². The van der Waals surface area contributed by atoms with E-state index in [0.717, 1.165) is 41.2 Å². The number of sulfonamides is 1. The standard InChI is InChI=1S/C24H29N5O4S2/c1-17(30)18-4-3-5-19(14-18)23-25-21-15-20(16-27-6-8-29(9-7-27)35(2,31)32)34-22(21)24(26-23)28-10-12-33-13-11-28/h3-5,14-15H,6-13,16H2,1-2H3. The summed E-state index contributed by atoms with van der Waals surface area (Å²) in [7, 11) is -3.15. The monoisotopic (exact) mass is 515 g/mol. The average molecular weight is 516 g/mol. The zero-order chi connectivity index (χ0) is 24.6. The molecule has 11 heteroatoms. The van der Waals surface area contributed by atoms with Crippen LogP contribution in [0.2, 0.25) is 0 Å². The molecule has 0 radical (unpaired) electrons. The Morgan fingerprint density at radius 3 is 2.49 bits per heavy atom. The molecule has 0 amide bonds. The zero-order valence-electron chi connectivity index (χ0n) is 19.9. The minimum atomic E-state index is -3.15. The largest absolute Gasteiger partial charge is 0.378 e. The quantitative estimate of drug-likeness (QED) is 0.462. The maximum atomic E-state index is 11.9.